The Kier molecular flexibility index (Phi) is 6.31. The van der Waals surface area contributed by atoms with Gasteiger partial charge < -0.3 is 10.6 Å². The Balaban J connectivity index is 1.59. The zero-order valence-corrected chi connectivity index (χ0v) is 16.2. The number of sulfonamides is 1. The lowest BCUT2D eigenvalue weighted by atomic mass is 9.81. The lowest BCUT2D eigenvalue weighted by Gasteiger charge is -2.33. The highest BCUT2D eigenvalue weighted by atomic mass is 32.2. The zero-order valence-electron chi connectivity index (χ0n) is 15.3. The summed E-state index contributed by atoms with van der Waals surface area (Å²) in [5, 5.41) is 0. The van der Waals surface area contributed by atoms with Crippen LogP contribution in [0.25, 0.3) is 0 Å². The van der Waals surface area contributed by atoms with Crippen LogP contribution in [0.3, 0.4) is 0 Å². The van der Waals surface area contributed by atoms with Gasteiger partial charge in [0.05, 0.1) is 6.04 Å². The monoisotopic (exact) mass is 419 g/mol. The van der Waals surface area contributed by atoms with Crippen molar-refractivity contribution in [1.82, 2.24) is 9.62 Å². The molecule has 156 valence electrons. The summed E-state index contributed by atoms with van der Waals surface area (Å²) in [7, 11) is -4.34. The van der Waals surface area contributed by atoms with E-state index in [1.807, 2.05) is 0 Å². The number of nitrogens with zero attached hydrogens (tertiary/aromatic N) is 1. The summed E-state index contributed by atoms with van der Waals surface area (Å²) in [5.41, 5.74) is 6.13. The van der Waals surface area contributed by atoms with E-state index >= 15 is 0 Å². The average Bonchev–Trinajstić information content (AvgIpc) is 3.20. The second kappa shape index (κ2) is 8.38. The van der Waals surface area contributed by atoms with Gasteiger partial charge in [0.25, 0.3) is 0 Å². The van der Waals surface area contributed by atoms with Crippen LogP contribution < -0.4 is 10.5 Å². The topological polar surface area (TPSA) is 92.5 Å². The van der Waals surface area contributed by atoms with Crippen LogP contribution in [0.5, 0.6) is 0 Å². The summed E-state index contributed by atoms with van der Waals surface area (Å²) < 4.78 is 67.3. The Morgan fingerprint density at radius 1 is 1.07 bits per heavy atom. The largest absolute Gasteiger partial charge is 0.341 e. The van der Waals surface area contributed by atoms with E-state index in [2.05, 4.69) is 4.72 Å². The molecule has 10 heteroatoms. The van der Waals surface area contributed by atoms with Gasteiger partial charge in [-0.15, -0.1) is 0 Å². The molecule has 3 rings (SSSR count). The van der Waals surface area contributed by atoms with Crippen LogP contribution in [0, 0.1) is 23.4 Å². The molecule has 1 amide bonds. The number of hydrogen-bond donors (Lipinski definition) is 2. The zero-order chi connectivity index (χ0) is 20.5. The van der Waals surface area contributed by atoms with Crippen LogP contribution in [0.15, 0.2) is 17.0 Å². The minimum absolute atomic E-state index is 0.0474. The van der Waals surface area contributed by atoms with E-state index in [9.17, 15) is 26.4 Å². The molecule has 6 nitrogen and oxygen atoms in total. The molecule has 1 aromatic carbocycles. The predicted octanol–water partition coefficient (Wildman–Crippen LogP) is 1.89. The molecule has 1 aliphatic carbocycles. The number of nitrogens with one attached hydrogen (secondary N) is 1. The molecular formula is C18H24F3N3O3S. The quantitative estimate of drug-likeness (QED) is 0.713. The smallest absolute Gasteiger partial charge is 0.243 e. The van der Waals surface area contributed by atoms with E-state index in [4.69, 9.17) is 5.73 Å². The first-order valence-electron chi connectivity index (χ1n) is 9.41. The number of nitrogens with two attached hydrogens (primary N) is 1. The molecule has 1 saturated heterocycles. The van der Waals surface area contributed by atoms with E-state index in [0.717, 1.165) is 25.9 Å². The van der Waals surface area contributed by atoms with E-state index < -0.39 is 44.5 Å². The number of halogens is 3. The van der Waals surface area contributed by atoms with Crippen LogP contribution in [-0.4, -0.2) is 44.4 Å². The molecular weight excluding hydrogens is 395 g/mol. The summed E-state index contributed by atoms with van der Waals surface area (Å²) in [6.45, 7) is 1.45. The maximum Gasteiger partial charge on any atom is 0.243 e. The van der Waals surface area contributed by atoms with Crippen molar-refractivity contribution in [1.29, 1.82) is 0 Å². The SMILES string of the molecule is N[C@H](C(=O)N1CCCC1)C1CCC(NS(=O)(=O)c2ccc(F)c(F)c2F)CC1. The van der Waals surface area contributed by atoms with E-state index in [1.54, 1.807) is 4.90 Å². The minimum Gasteiger partial charge on any atom is -0.341 e. The summed E-state index contributed by atoms with van der Waals surface area (Å²) in [6.07, 6.45) is 3.91. The summed E-state index contributed by atoms with van der Waals surface area (Å²) in [5.74, 6) is -5.12. The minimum atomic E-state index is -4.34. The predicted molar refractivity (Wildman–Crippen MR) is 96.2 cm³/mol. The highest BCUT2D eigenvalue weighted by Crippen LogP contribution is 2.29. The Labute approximate surface area is 162 Å². The van der Waals surface area contributed by atoms with Crippen molar-refractivity contribution in [2.24, 2.45) is 11.7 Å². The summed E-state index contributed by atoms with van der Waals surface area (Å²) in [4.78, 5) is 13.3. The number of hydrogen-bond acceptors (Lipinski definition) is 4. The first-order chi connectivity index (χ1) is 13.2. The summed E-state index contributed by atoms with van der Waals surface area (Å²) in [6, 6.07) is 0.182. The van der Waals surface area contributed by atoms with Crippen LogP contribution in [0.1, 0.15) is 38.5 Å². The van der Waals surface area contributed by atoms with Gasteiger partial charge in [0, 0.05) is 19.1 Å². The van der Waals surface area contributed by atoms with E-state index in [1.165, 1.54) is 0 Å². The molecule has 0 spiro atoms. The first kappa shape index (κ1) is 21.1. The molecule has 1 atom stereocenters. The molecule has 0 aromatic heterocycles. The van der Waals surface area contributed by atoms with Gasteiger partial charge in [-0.3, -0.25) is 4.79 Å². The van der Waals surface area contributed by atoms with E-state index in [-0.39, 0.29) is 11.8 Å². The lowest BCUT2D eigenvalue weighted by Crippen LogP contribution is -2.49. The van der Waals surface area contributed by atoms with Gasteiger partial charge in [-0.1, -0.05) is 0 Å². The third kappa shape index (κ3) is 4.33. The number of benzene rings is 1. The fourth-order valence-electron chi connectivity index (χ4n) is 3.94. The standard InChI is InChI=1S/C18H24F3N3O3S/c19-13-7-8-14(16(21)15(13)20)28(26,27)23-12-5-3-11(4-6-12)17(22)18(25)24-9-1-2-10-24/h7-8,11-12,17,23H,1-6,9-10,22H2/t11?,12?,17-/m0/s1. The number of carbonyl (C=O) groups is 1. The average molecular weight is 419 g/mol. The van der Waals surface area contributed by atoms with E-state index in [0.29, 0.717) is 37.8 Å². The Hall–Kier alpha value is -1.65. The second-order valence-corrected chi connectivity index (χ2v) is 9.15. The molecule has 3 N–H and O–H groups in total. The molecule has 0 radical (unpaired) electrons. The fraction of sp³-hybridized carbons (Fsp3) is 0.611. The first-order valence-corrected chi connectivity index (χ1v) is 10.9. The third-order valence-electron chi connectivity index (χ3n) is 5.59. The van der Waals surface area contributed by atoms with Crippen molar-refractivity contribution in [2.75, 3.05) is 13.1 Å². The Bertz CT molecular complexity index is 836. The van der Waals surface area contributed by atoms with Crippen molar-refractivity contribution in [3.63, 3.8) is 0 Å². The van der Waals surface area contributed by atoms with Crippen LogP contribution in [0.2, 0.25) is 0 Å². The number of rotatable bonds is 5. The molecule has 1 saturated carbocycles. The molecule has 1 heterocycles. The van der Waals surface area contributed by atoms with Crippen LogP contribution in [0.4, 0.5) is 13.2 Å². The molecule has 0 unspecified atom stereocenters. The third-order valence-corrected chi connectivity index (χ3v) is 7.13. The van der Waals surface area contributed by atoms with Crippen molar-refractivity contribution < 1.29 is 26.4 Å². The maximum atomic E-state index is 13.8. The van der Waals surface area contributed by atoms with Crippen LogP contribution >= 0.6 is 0 Å². The number of amides is 1. The van der Waals surface area contributed by atoms with Gasteiger partial charge in [-0.05, 0) is 56.6 Å². The highest BCUT2D eigenvalue weighted by Gasteiger charge is 2.34. The van der Waals surface area contributed by atoms with Gasteiger partial charge in [-0.2, -0.15) is 0 Å². The Morgan fingerprint density at radius 3 is 2.29 bits per heavy atom. The van der Waals surface area contributed by atoms with Crippen LogP contribution in [-0.2, 0) is 14.8 Å². The molecule has 1 aromatic rings. The molecule has 0 bridgehead atoms. The number of carbonyl (C=O) groups excluding carboxylic acids is 1. The molecule has 2 fully saturated rings. The Morgan fingerprint density at radius 2 is 1.68 bits per heavy atom. The van der Waals surface area contributed by atoms with Gasteiger partial charge >= 0.3 is 0 Å². The highest BCUT2D eigenvalue weighted by molar-refractivity contribution is 7.89. The van der Waals surface area contributed by atoms with Gasteiger partial charge in [0.15, 0.2) is 17.5 Å². The number of likely N-dealkylation sites (tertiary alicyclic amines) is 1. The second-order valence-electron chi connectivity index (χ2n) is 7.46. The molecule has 2 aliphatic rings. The maximum absolute atomic E-state index is 13.8. The lowest BCUT2D eigenvalue weighted by molar-refractivity contribution is -0.133. The summed E-state index contributed by atoms with van der Waals surface area (Å²) >= 11 is 0. The van der Waals surface area contributed by atoms with Gasteiger partial charge in [0.1, 0.15) is 4.90 Å². The van der Waals surface area contributed by atoms with Gasteiger partial charge in [0.2, 0.25) is 15.9 Å². The fourth-order valence-corrected chi connectivity index (χ4v) is 5.32. The van der Waals surface area contributed by atoms with Gasteiger partial charge in [-0.25, -0.2) is 26.3 Å². The molecule has 1 aliphatic heterocycles. The van der Waals surface area contributed by atoms with Crippen molar-refractivity contribution in [3.8, 4) is 0 Å². The van der Waals surface area contributed by atoms with Crippen molar-refractivity contribution in [3.05, 3.63) is 29.6 Å². The molecule has 28 heavy (non-hydrogen) atoms. The van der Waals surface area contributed by atoms with Crippen molar-refractivity contribution >= 4 is 15.9 Å². The van der Waals surface area contributed by atoms with Crippen molar-refractivity contribution in [2.45, 2.75) is 55.5 Å². The normalized spacial score (nSPS) is 24.4.